The molecule has 1 saturated heterocycles. The number of nitrogens with one attached hydrogen (secondary N) is 1. The van der Waals surface area contributed by atoms with Gasteiger partial charge in [0.25, 0.3) is 17.7 Å². The van der Waals surface area contributed by atoms with Crippen molar-refractivity contribution >= 4 is 29.1 Å². The third-order valence-electron chi connectivity index (χ3n) is 6.09. The molecule has 0 spiro atoms. The molecule has 3 fully saturated rings. The molecule has 1 N–H and O–H groups in total. The SMILES string of the molecule is CC(C)=C1[C@@H]2CC[C@@H]1[C@@H]1C(=O)N(NC(=O)c3csc(C(C)C)c3)C(=O)[C@H]12. The van der Waals surface area contributed by atoms with Crippen LogP contribution in [0.1, 0.15) is 61.7 Å². The molecular weight excluding hydrogens is 348 g/mol. The van der Waals surface area contributed by atoms with Gasteiger partial charge in [-0.2, -0.15) is 5.01 Å². The number of carbonyl (C=O) groups is 3. The zero-order chi connectivity index (χ0) is 18.7. The lowest BCUT2D eigenvalue weighted by atomic mass is 9.81. The summed E-state index contributed by atoms with van der Waals surface area (Å²) < 4.78 is 0. The van der Waals surface area contributed by atoms with Crippen LogP contribution < -0.4 is 5.43 Å². The lowest BCUT2D eigenvalue weighted by Gasteiger charge is -2.19. The second-order valence-corrected chi connectivity index (χ2v) is 9.09. The van der Waals surface area contributed by atoms with Crippen LogP contribution in [-0.4, -0.2) is 22.7 Å². The molecule has 4 atom stereocenters. The summed E-state index contributed by atoms with van der Waals surface area (Å²) in [7, 11) is 0. The van der Waals surface area contributed by atoms with Crippen LogP contribution in [0.3, 0.4) is 0 Å². The zero-order valence-electron chi connectivity index (χ0n) is 15.5. The summed E-state index contributed by atoms with van der Waals surface area (Å²) in [6, 6.07) is 1.83. The molecule has 3 amide bonds. The summed E-state index contributed by atoms with van der Waals surface area (Å²) >= 11 is 1.52. The van der Waals surface area contributed by atoms with Gasteiger partial charge in [0, 0.05) is 10.3 Å². The molecule has 26 heavy (non-hydrogen) atoms. The summed E-state index contributed by atoms with van der Waals surface area (Å²) in [4.78, 5) is 39.5. The molecule has 5 nitrogen and oxygen atoms in total. The summed E-state index contributed by atoms with van der Waals surface area (Å²) in [6.45, 7) is 8.27. The van der Waals surface area contributed by atoms with Crippen molar-refractivity contribution in [2.24, 2.45) is 23.7 Å². The third-order valence-corrected chi connectivity index (χ3v) is 7.33. The van der Waals surface area contributed by atoms with Gasteiger partial charge in [-0.05, 0) is 50.5 Å². The summed E-state index contributed by atoms with van der Waals surface area (Å²) in [5.74, 6) is -0.764. The second-order valence-electron chi connectivity index (χ2n) is 8.14. The Labute approximate surface area is 157 Å². The molecule has 0 aromatic carbocycles. The fraction of sp³-hybridized carbons (Fsp3) is 0.550. The van der Waals surface area contributed by atoms with Crippen molar-refractivity contribution in [3.63, 3.8) is 0 Å². The number of imide groups is 1. The van der Waals surface area contributed by atoms with Crippen molar-refractivity contribution in [1.29, 1.82) is 0 Å². The van der Waals surface area contributed by atoms with E-state index >= 15 is 0 Å². The van der Waals surface area contributed by atoms with Crippen molar-refractivity contribution in [3.05, 3.63) is 33.0 Å². The van der Waals surface area contributed by atoms with Gasteiger partial charge >= 0.3 is 0 Å². The Balaban J connectivity index is 1.55. The Morgan fingerprint density at radius 2 is 1.73 bits per heavy atom. The van der Waals surface area contributed by atoms with E-state index in [9.17, 15) is 14.4 Å². The van der Waals surface area contributed by atoms with E-state index < -0.39 is 0 Å². The molecule has 0 radical (unpaired) electrons. The highest BCUT2D eigenvalue weighted by atomic mass is 32.1. The van der Waals surface area contributed by atoms with Crippen LogP contribution >= 0.6 is 11.3 Å². The van der Waals surface area contributed by atoms with Crippen molar-refractivity contribution in [3.8, 4) is 0 Å². The lowest BCUT2D eigenvalue weighted by molar-refractivity contribution is -0.143. The highest BCUT2D eigenvalue weighted by Crippen LogP contribution is 2.59. The Morgan fingerprint density at radius 3 is 2.19 bits per heavy atom. The number of hydrogen-bond acceptors (Lipinski definition) is 4. The summed E-state index contributed by atoms with van der Waals surface area (Å²) in [5, 5.41) is 2.78. The highest BCUT2D eigenvalue weighted by molar-refractivity contribution is 7.10. The van der Waals surface area contributed by atoms with Gasteiger partial charge in [0.1, 0.15) is 0 Å². The van der Waals surface area contributed by atoms with E-state index in [1.165, 1.54) is 22.5 Å². The molecule has 2 bridgehead atoms. The third kappa shape index (κ3) is 2.38. The molecule has 4 rings (SSSR count). The van der Waals surface area contributed by atoms with Crippen LogP contribution in [0.15, 0.2) is 22.6 Å². The number of nitrogens with zero attached hydrogens (tertiary/aromatic N) is 1. The fourth-order valence-corrected chi connectivity index (χ4v) is 5.95. The van der Waals surface area contributed by atoms with Gasteiger partial charge in [0.05, 0.1) is 17.4 Å². The van der Waals surface area contributed by atoms with Gasteiger partial charge in [0.2, 0.25) is 0 Å². The predicted molar refractivity (Wildman–Crippen MR) is 99.3 cm³/mol. The fourth-order valence-electron chi connectivity index (χ4n) is 5.04. The van der Waals surface area contributed by atoms with E-state index in [0.29, 0.717) is 11.5 Å². The highest BCUT2D eigenvalue weighted by Gasteiger charge is 2.63. The van der Waals surface area contributed by atoms with E-state index in [0.717, 1.165) is 22.7 Å². The minimum absolute atomic E-state index is 0.169. The minimum Gasteiger partial charge on any atom is -0.272 e. The van der Waals surface area contributed by atoms with Gasteiger partial charge in [0.15, 0.2) is 0 Å². The van der Waals surface area contributed by atoms with Crippen LogP contribution in [0.25, 0.3) is 0 Å². The topological polar surface area (TPSA) is 66.5 Å². The quantitative estimate of drug-likeness (QED) is 0.652. The Bertz CT molecular complexity index is 802. The Kier molecular flexibility index (Phi) is 4.06. The number of allylic oxidation sites excluding steroid dienone is 2. The minimum atomic E-state index is -0.385. The maximum atomic E-state index is 12.9. The van der Waals surface area contributed by atoms with Crippen molar-refractivity contribution in [2.45, 2.75) is 46.5 Å². The Morgan fingerprint density at radius 1 is 1.15 bits per heavy atom. The average Bonchev–Trinajstić information content (AvgIpc) is 3.32. The molecule has 1 aromatic rings. The van der Waals surface area contributed by atoms with E-state index in [2.05, 4.69) is 33.1 Å². The first-order chi connectivity index (χ1) is 12.3. The van der Waals surface area contributed by atoms with Crippen molar-refractivity contribution in [2.75, 3.05) is 0 Å². The smallest absolute Gasteiger partial charge is 0.271 e. The first-order valence-corrected chi connectivity index (χ1v) is 10.1. The van der Waals surface area contributed by atoms with Crippen LogP contribution in [0.5, 0.6) is 0 Å². The van der Waals surface area contributed by atoms with Crippen LogP contribution in [-0.2, 0) is 9.59 Å². The second kappa shape index (κ2) is 6.05. The van der Waals surface area contributed by atoms with Crippen LogP contribution in [0, 0.1) is 23.7 Å². The molecule has 6 heteroatoms. The van der Waals surface area contributed by atoms with Crippen molar-refractivity contribution in [1.82, 2.24) is 10.4 Å². The molecule has 2 aliphatic carbocycles. The summed E-state index contributed by atoms with van der Waals surface area (Å²) in [6.07, 6.45) is 1.94. The van der Waals surface area contributed by atoms with E-state index in [1.54, 1.807) is 5.38 Å². The first-order valence-electron chi connectivity index (χ1n) is 9.25. The summed E-state index contributed by atoms with van der Waals surface area (Å²) in [5.41, 5.74) is 5.63. The van der Waals surface area contributed by atoms with Crippen molar-refractivity contribution < 1.29 is 14.4 Å². The monoisotopic (exact) mass is 372 g/mol. The normalized spacial score (nSPS) is 29.7. The maximum absolute atomic E-state index is 12.9. The number of rotatable bonds is 3. The molecule has 3 aliphatic rings. The first kappa shape index (κ1) is 17.5. The zero-order valence-corrected chi connectivity index (χ0v) is 16.4. The maximum Gasteiger partial charge on any atom is 0.271 e. The number of hydrazine groups is 1. The van der Waals surface area contributed by atoms with Gasteiger partial charge in [-0.1, -0.05) is 25.0 Å². The largest absolute Gasteiger partial charge is 0.272 e. The Hall–Kier alpha value is -1.95. The van der Waals surface area contributed by atoms with Crippen LogP contribution in [0.2, 0.25) is 0 Å². The number of amides is 3. The van der Waals surface area contributed by atoms with E-state index in [4.69, 9.17) is 0 Å². The molecule has 138 valence electrons. The van der Waals surface area contributed by atoms with Gasteiger partial charge < -0.3 is 0 Å². The number of hydrogen-bond donors (Lipinski definition) is 1. The lowest BCUT2D eigenvalue weighted by Crippen LogP contribution is -2.47. The van der Waals surface area contributed by atoms with E-state index in [1.807, 2.05) is 6.07 Å². The molecule has 0 unspecified atom stereocenters. The van der Waals surface area contributed by atoms with Gasteiger partial charge in [-0.25, -0.2) is 0 Å². The van der Waals surface area contributed by atoms with Gasteiger partial charge in [-0.15, -0.1) is 11.3 Å². The number of fused-ring (bicyclic) bond motifs is 5. The molecular formula is C20H24N2O3S. The average molecular weight is 372 g/mol. The molecule has 1 aromatic heterocycles. The van der Waals surface area contributed by atoms with Gasteiger partial charge in [-0.3, -0.25) is 19.8 Å². The van der Waals surface area contributed by atoms with Crippen LogP contribution in [0.4, 0.5) is 0 Å². The van der Waals surface area contributed by atoms with E-state index in [-0.39, 0.29) is 41.4 Å². The number of carbonyl (C=O) groups excluding carboxylic acids is 3. The molecule has 1 aliphatic heterocycles. The molecule has 2 heterocycles. The standard InChI is InChI=1S/C20H24N2O3S/c1-9(2)14-7-11(8-26-14)18(23)21-22-19(24)16-12-5-6-13(15(12)10(3)4)17(16)20(22)25/h7-9,12-13,16-17H,5-6H2,1-4H3,(H,21,23)/t12-,13-,16-,17-/m0/s1. The number of thiophene rings is 1. The molecule has 2 saturated carbocycles. The predicted octanol–water partition coefficient (Wildman–Crippen LogP) is 3.49.